The molecule has 0 atom stereocenters. The van der Waals surface area contributed by atoms with E-state index in [9.17, 15) is 0 Å². The number of hydrogen-bond donors (Lipinski definition) is 1. The Morgan fingerprint density at radius 2 is 1.73 bits per heavy atom. The van der Waals surface area contributed by atoms with Crippen LogP contribution in [0.4, 0.5) is 0 Å². The van der Waals surface area contributed by atoms with Crippen molar-refractivity contribution < 1.29 is 14.8 Å². The minimum absolute atomic E-state index is 0.972. The van der Waals surface area contributed by atoms with E-state index in [4.69, 9.17) is 9.90 Å². The van der Waals surface area contributed by atoms with E-state index in [1.54, 1.807) is 0 Å². The second-order valence-corrected chi connectivity index (χ2v) is 3.60. The van der Waals surface area contributed by atoms with E-state index in [1.165, 1.54) is 37.1 Å². The lowest BCUT2D eigenvalue weighted by molar-refractivity contribution is -0.787. The van der Waals surface area contributed by atoms with E-state index >= 15 is 0 Å². The summed E-state index contributed by atoms with van der Waals surface area (Å²) in [6, 6.07) is 0. The van der Waals surface area contributed by atoms with Gasteiger partial charge in [0.1, 0.15) is 0 Å². The summed E-state index contributed by atoms with van der Waals surface area (Å²) >= 11 is 0. The Kier molecular flexibility index (Phi) is 8.78. The molecular weight excluding hydrogens is 190 g/mol. The number of carbonyl (C=O) groups is 1. The molecule has 0 aromatic carbocycles. The Morgan fingerprint density at radius 3 is 2.20 bits per heavy atom. The minimum Gasteiger partial charge on any atom is -0.550 e. The molecule has 0 saturated heterocycles. The number of carboxylic acids is 1. The predicted molar refractivity (Wildman–Crippen MR) is 58.9 cm³/mol. The third kappa shape index (κ3) is 10.8. The summed E-state index contributed by atoms with van der Waals surface area (Å²) in [5, 5.41) is 8.89. The van der Waals surface area contributed by atoms with E-state index in [1.807, 2.05) is 0 Å². The van der Waals surface area contributed by atoms with Crippen LogP contribution in [0.15, 0.2) is 24.6 Å². The lowest BCUT2D eigenvalue weighted by atomic mass is 10.2. The van der Waals surface area contributed by atoms with Crippen molar-refractivity contribution in [3.05, 3.63) is 24.6 Å². The summed E-state index contributed by atoms with van der Waals surface area (Å²) in [4.78, 5) is 10.4. The normalized spacial score (nSPS) is 13.7. The quantitative estimate of drug-likeness (QED) is 0.662. The van der Waals surface area contributed by atoms with Crippen molar-refractivity contribution in [1.29, 1.82) is 0 Å². The third-order valence-electron chi connectivity index (χ3n) is 2.05. The highest BCUT2D eigenvalue weighted by Crippen LogP contribution is 1.96. The summed E-state index contributed by atoms with van der Waals surface area (Å²) in [6.07, 6.45) is 14.1. The molecule has 0 spiro atoms. The van der Waals surface area contributed by atoms with Gasteiger partial charge in [0.15, 0.2) is 0 Å². The van der Waals surface area contributed by atoms with Gasteiger partial charge in [-0.25, -0.2) is 0 Å². The Labute approximate surface area is 92.1 Å². The number of allylic oxidation sites excluding steroid dienone is 2. The molecule has 0 unspecified atom stereocenters. The molecule has 0 fully saturated rings. The molecule has 0 radical (unpaired) electrons. The van der Waals surface area contributed by atoms with Gasteiger partial charge in [0.05, 0.1) is 18.9 Å². The van der Waals surface area contributed by atoms with Gasteiger partial charge in [0.25, 0.3) is 0 Å². The van der Waals surface area contributed by atoms with E-state index in [0.717, 1.165) is 6.92 Å². The largest absolute Gasteiger partial charge is 0.550 e. The zero-order valence-corrected chi connectivity index (χ0v) is 9.66. The van der Waals surface area contributed by atoms with Crippen LogP contribution < -0.4 is 10.0 Å². The standard InChI is InChI=1S/C10H17N.C2H4O2/c1-2-3-4-5-8-11-9-6-7-10-11;1-2(3)4/h6-7,9-10H,2-5,8H2,1H3;1H3,(H,3,4). The molecule has 15 heavy (non-hydrogen) atoms. The zero-order valence-electron chi connectivity index (χ0n) is 9.66. The van der Waals surface area contributed by atoms with Crippen LogP contribution in [0, 0.1) is 0 Å². The van der Waals surface area contributed by atoms with Crippen LogP contribution in [0.1, 0.15) is 39.5 Å². The zero-order chi connectivity index (χ0) is 11.5. The van der Waals surface area contributed by atoms with Crippen molar-refractivity contribution in [3.63, 3.8) is 0 Å². The van der Waals surface area contributed by atoms with Crippen LogP contribution in [0.2, 0.25) is 0 Å². The van der Waals surface area contributed by atoms with Gasteiger partial charge in [-0.1, -0.05) is 19.8 Å². The molecule has 0 aliphatic carbocycles. The SMILES string of the molecule is CC(=O)[O-].CCCCCC[NH+]1C=CC=C1. The minimum atomic E-state index is -1.08. The van der Waals surface area contributed by atoms with Crippen molar-refractivity contribution in [2.45, 2.75) is 39.5 Å². The summed E-state index contributed by atoms with van der Waals surface area (Å²) in [5.41, 5.74) is 0. The average Bonchev–Trinajstić information content (AvgIpc) is 2.64. The number of carboxylic acid groups (broad SMARTS) is 1. The number of carbonyl (C=O) groups excluding carboxylic acids is 1. The highest BCUT2D eigenvalue weighted by atomic mass is 16.4. The molecule has 0 aromatic rings. The molecule has 1 N–H and O–H groups in total. The summed E-state index contributed by atoms with van der Waals surface area (Å²) in [7, 11) is 0. The molecule has 1 aliphatic rings. The number of unbranched alkanes of at least 4 members (excludes halogenated alkanes) is 3. The first-order valence-electron chi connectivity index (χ1n) is 5.55. The maximum absolute atomic E-state index is 8.89. The molecule has 0 saturated carbocycles. The van der Waals surface area contributed by atoms with Crippen LogP contribution in [-0.2, 0) is 4.79 Å². The smallest absolute Gasteiger partial charge is 0.0990 e. The molecule has 3 nitrogen and oxygen atoms in total. The molecule has 1 rings (SSSR count). The van der Waals surface area contributed by atoms with Gasteiger partial charge in [-0.05, 0) is 31.9 Å². The predicted octanol–water partition coefficient (Wildman–Crippen LogP) is 0.249. The summed E-state index contributed by atoms with van der Waals surface area (Å²) in [5.74, 6) is -1.08. The number of hydrogen-bond acceptors (Lipinski definition) is 2. The summed E-state index contributed by atoms with van der Waals surface area (Å²) < 4.78 is 0. The van der Waals surface area contributed by atoms with Crippen molar-refractivity contribution in [2.24, 2.45) is 0 Å². The lowest BCUT2D eigenvalue weighted by Crippen LogP contribution is -3.01. The van der Waals surface area contributed by atoms with E-state index in [0.29, 0.717) is 0 Å². The lowest BCUT2D eigenvalue weighted by Gasteiger charge is -2.05. The molecule has 86 valence electrons. The first-order valence-corrected chi connectivity index (χ1v) is 5.55. The van der Waals surface area contributed by atoms with Crippen LogP contribution >= 0.6 is 0 Å². The van der Waals surface area contributed by atoms with Gasteiger partial charge in [-0.15, -0.1) is 0 Å². The Morgan fingerprint density at radius 1 is 1.20 bits per heavy atom. The van der Waals surface area contributed by atoms with Crippen LogP contribution in [-0.4, -0.2) is 12.5 Å². The van der Waals surface area contributed by atoms with E-state index < -0.39 is 5.97 Å². The highest BCUT2D eigenvalue weighted by Gasteiger charge is 2.01. The number of rotatable bonds is 5. The molecular formula is C12H21NO2. The third-order valence-corrected chi connectivity index (χ3v) is 2.05. The maximum Gasteiger partial charge on any atom is 0.0990 e. The molecule has 1 heterocycles. The Hall–Kier alpha value is -1.09. The molecule has 3 heteroatoms. The van der Waals surface area contributed by atoms with Gasteiger partial charge >= 0.3 is 0 Å². The Bertz CT molecular complexity index is 206. The van der Waals surface area contributed by atoms with Crippen LogP contribution in [0.3, 0.4) is 0 Å². The van der Waals surface area contributed by atoms with Crippen molar-refractivity contribution >= 4 is 5.97 Å². The fourth-order valence-electron chi connectivity index (χ4n) is 1.34. The van der Waals surface area contributed by atoms with Gasteiger partial charge in [0, 0.05) is 5.97 Å². The van der Waals surface area contributed by atoms with Crippen LogP contribution in [0.25, 0.3) is 0 Å². The van der Waals surface area contributed by atoms with E-state index in [-0.39, 0.29) is 0 Å². The van der Waals surface area contributed by atoms with Crippen molar-refractivity contribution in [1.82, 2.24) is 0 Å². The average molecular weight is 211 g/mol. The molecule has 1 aliphatic heterocycles. The molecule has 0 aromatic heterocycles. The maximum atomic E-state index is 8.89. The fraction of sp³-hybridized carbons (Fsp3) is 0.583. The highest BCUT2D eigenvalue weighted by molar-refractivity contribution is 5.60. The fourth-order valence-corrected chi connectivity index (χ4v) is 1.34. The van der Waals surface area contributed by atoms with Gasteiger partial charge in [-0.2, -0.15) is 0 Å². The number of quaternary nitrogens is 1. The molecule has 0 bridgehead atoms. The Balaban J connectivity index is 0.000000423. The first-order chi connectivity index (χ1) is 7.16. The van der Waals surface area contributed by atoms with Gasteiger partial charge in [-0.3, -0.25) is 4.90 Å². The van der Waals surface area contributed by atoms with Crippen molar-refractivity contribution in [3.8, 4) is 0 Å². The summed E-state index contributed by atoms with van der Waals surface area (Å²) in [6.45, 7) is 4.50. The first kappa shape index (κ1) is 13.9. The molecule has 0 amide bonds. The van der Waals surface area contributed by atoms with Crippen LogP contribution in [0.5, 0.6) is 0 Å². The van der Waals surface area contributed by atoms with Gasteiger partial charge < -0.3 is 9.90 Å². The van der Waals surface area contributed by atoms with Crippen molar-refractivity contribution in [2.75, 3.05) is 6.54 Å². The number of nitrogens with one attached hydrogen (secondary N) is 1. The monoisotopic (exact) mass is 211 g/mol. The van der Waals surface area contributed by atoms with Gasteiger partial charge in [0.2, 0.25) is 0 Å². The second kappa shape index (κ2) is 9.46. The number of aliphatic carboxylic acids is 1. The van der Waals surface area contributed by atoms with E-state index in [2.05, 4.69) is 31.5 Å². The topological polar surface area (TPSA) is 44.6 Å². The second-order valence-electron chi connectivity index (χ2n) is 3.60.